The summed E-state index contributed by atoms with van der Waals surface area (Å²) in [5.74, 6) is 0.836. The number of amides is 3. The topological polar surface area (TPSA) is 79.9 Å². The lowest BCUT2D eigenvalue weighted by molar-refractivity contribution is -0.118. The van der Waals surface area contributed by atoms with Crippen LogP contribution in [0.25, 0.3) is 0 Å². The van der Waals surface area contributed by atoms with E-state index in [4.69, 9.17) is 9.47 Å². The first-order valence-electron chi connectivity index (χ1n) is 10.0. The van der Waals surface area contributed by atoms with Crippen LogP contribution in [0, 0.1) is 17.2 Å². The molecule has 2 aromatic rings. The first-order chi connectivity index (χ1) is 14.5. The summed E-state index contributed by atoms with van der Waals surface area (Å²) in [6, 6.07) is 11.3. The van der Waals surface area contributed by atoms with Crippen LogP contribution in [0.1, 0.15) is 18.4 Å². The van der Waals surface area contributed by atoms with E-state index in [0.717, 1.165) is 12.8 Å². The monoisotopic (exact) mass is 411 g/mol. The van der Waals surface area contributed by atoms with Gasteiger partial charge < -0.3 is 25.0 Å². The van der Waals surface area contributed by atoms with Gasteiger partial charge in [0.15, 0.2) is 11.5 Å². The summed E-state index contributed by atoms with van der Waals surface area (Å²) in [6.45, 7) is 1.63. The van der Waals surface area contributed by atoms with Crippen LogP contribution in [0.5, 0.6) is 11.5 Å². The number of nitrogens with one attached hydrogen (secondary N) is 2. The Morgan fingerprint density at radius 1 is 1.17 bits per heavy atom. The highest BCUT2D eigenvalue weighted by molar-refractivity contribution is 5.95. The number of nitrogens with zero attached hydrogens (tertiary/aromatic N) is 1. The predicted octanol–water partition coefficient (Wildman–Crippen LogP) is 3.11. The van der Waals surface area contributed by atoms with Crippen molar-refractivity contribution in [1.29, 1.82) is 0 Å². The Labute approximate surface area is 173 Å². The maximum Gasteiger partial charge on any atom is 0.317 e. The number of halogens is 1. The molecule has 2 aromatic carbocycles. The highest BCUT2D eigenvalue weighted by atomic mass is 19.1. The van der Waals surface area contributed by atoms with Crippen molar-refractivity contribution in [1.82, 2.24) is 10.2 Å². The van der Waals surface area contributed by atoms with Gasteiger partial charge in [-0.2, -0.15) is 0 Å². The quantitative estimate of drug-likeness (QED) is 0.810. The molecule has 2 N–H and O–H groups in total. The lowest BCUT2D eigenvalue weighted by atomic mass is 10.0. The summed E-state index contributed by atoms with van der Waals surface area (Å²) in [4.78, 5) is 27.0. The molecule has 1 spiro atoms. The lowest BCUT2D eigenvalue weighted by Crippen LogP contribution is -2.38. The van der Waals surface area contributed by atoms with E-state index < -0.39 is 0 Å². The number of anilines is 1. The van der Waals surface area contributed by atoms with E-state index in [1.165, 1.54) is 12.1 Å². The van der Waals surface area contributed by atoms with Crippen LogP contribution in [-0.4, -0.2) is 36.7 Å². The van der Waals surface area contributed by atoms with E-state index in [1.807, 2.05) is 0 Å². The van der Waals surface area contributed by atoms with Gasteiger partial charge in [-0.05, 0) is 42.7 Å². The highest BCUT2D eigenvalue weighted by Gasteiger charge is 2.61. The molecular formula is C22H22FN3O4. The molecule has 7 nitrogen and oxygen atoms in total. The van der Waals surface area contributed by atoms with Gasteiger partial charge in [0, 0.05) is 42.7 Å². The fraction of sp³-hybridized carbons (Fsp3) is 0.364. The molecule has 2 heterocycles. The van der Waals surface area contributed by atoms with Crippen LogP contribution in [0.2, 0.25) is 0 Å². The van der Waals surface area contributed by atoms with Gasteiger partial charge in [0.1, 0.15) is 5.82 Å². The second-order valence-electron chi connectivity index (χ2n) is 8.14. The molecule has 0 bridgehead atoms. The van der Waals surface area contributed by atoms with Crippen molar-refractivity contribution in [3.8, 4) is 11.5 Å². The SMILES string of the molecule is O=C(Nc1ccc2c(c1)OCO2)[C@@H]1C[C@]12CCN(C(=O)NCc1cccc(F)c1)C2. The molecule has 0 radical (unpaired) electrons. The van der Waals surface area contributed by atoms with Crippen LogP contribution in [-0.2, 0) is 11.3 Å². The minimum atomic E-state index is -0.323. The number of ether oxygens (including phenoxy) is 2. The molecule has 156 valence electrons. The first kappa shape index (κ1) is 18.7. The zero-order valence-corrected chi connectivity index (χ0v) is 16.3. The van der Waals surface area contributed by atoms with E-state index >= 15 is 0 Å². The van der Waals surface area contributed by atoms with Crippen molar-refractivity contribution in [2.75, 3.05) is 25.2 Å². The molecule has 0 aromatic heterocycles. The second-order valence-corrected chi connectivity index (χ2v) is 8.14. The molecule has 8 heteroatoms. The number of urea groups is 1. The maximum atomic E-state index is 13.3. The third-order valence-electron chi connectivity index (χ3n) is 6.15. The Balaban J connectivity index is 1.14. The van der Waals surface area contributed by atoms with Crippen molar-refractivity contribution < 1.29 is 23.5 Å². The van der Waals surface area contributed by atoms with E-state index in [0.29, 0.717) is 35.8 Å². The number of carbonyl (C=O) groups is 2. The minimum Gasteiger partial charge on any atom is -0.454 e. The third-order valence-corrected chi connectivity index (χ3v) is 6.15. The summed E-state index contributed by atoms with van der Waals surface area (Å²) in [7, 11) is 0. The van der Waals surface area contributed by atoms with Crippen molar-refractivity contribution in [3.05, 3.63) is 53.8 Å². The molecule has 1 saturated heterocycles. The van der Waals surface area contributed by atoms with Gasteiger partial charge in [0.25, 0.3) is 0 Å². The molecule has 5 rings (SSSR count). The summed E-state index contributed by atoms with van der Waals surface area (Å²) in [5, 5.41) is 5.79. The number of carbonyl (C=O) groups excluding carboxylic acids is 2. The number of hydrogen-bond acceptors (Lipinski definition) is 4. The molecule has 3 amide bonds. The lowest BCUT2D eigenvalue weighted by Gasteiger charge is -2.17. The number of rotatable bonds is 4. The minimum absolute atomic E-state index is 0.0316. The normalized spacial score (nSPS) is 23.5. The van der Waals surface area contributed by atoms with Crippen molar-refractivity contribution in [2.45, 2.75) is 19.4 Å². The van der Waals surface area contributed by atoms with E-state index in [1.54, 1.807) is 35.2 Å². The molecule has 1 saturated carbocycles. The van der Waals surface area contributed by atoms with Crippen LogP contribution >= 0.6 is 0 Å². The number of benzene rings is 2. The van der Waals surface area contributed by atoms with Gasteiger partial charge in [-0.15, -0.1) is 0 Å². The highest BCUT2D eigenvalue weighted by Crippen LogP contribution is 2.58. The Morgan fingerprint density at radius 3 is 2.90 bits per heavy atom. The predicted molar refractivity (Wildman–Crippen MR) is 107 cm³/mol. The van der Waals surface area contributed by atoms with Crippen LogP contribution in [0.3, 0.4) is 0 Å². The zero-order valence-electron chi connectivity index (χ0n) is 16.3. The number of likely N-dealkylation sites (tertiary alicyclic amines) is 1. The molecule has 0 unspecified atom stereocenters. The summed E-state index contributed by atoms with van der Waals surface area (Å²) in [5.41, 5.74) is 1.25. The van der Waals surface area contributed by atoms with Gasteiger partial charge in [-0.25, -0.2) is 9.18 Å². The first-order valence-corrected chi connectivity index (χ1v) is 10.0. The molecule has 30 heavy (non-hydrogen) atoms. The standard InChI is InChI=1S/C22H22FN3O4/c23-15-3-1-2-14(8-15)11-24-21(28)26-7-6-22(12-26)10-17(22)20(27)25-16-4-5-18-19(9-16)30-13-29-18/h1-5,8-9,17H,6-7,10-13H2,(H,24,28)(H,25,27)/t17-,22-/m0/s1. The molecular weight excluding hydrogens is 389 g/mol. The number of hydrogen-bond donors (Lipinski definition) is 2. The second kappa shape index (κ2) is 7.19. The van der Waals surface area contributed by atoms with Crippen molar-refractivity contribution in [2.24, 2.45) is 11.3 Å². The Bertz CT molecular complexity index is 1010. The summed E-state index contributed by atoms with van der Waals surface area (Å²) >= 11 is 0. The third kappa shape index (κ3) is 3.53. The molecule has 1 aliphatic carbocycles. The van der Waals surface area contributed by atoms with Gasteiger partial charge in [0.05, 0.1) is 0 Å². The Hall–Kier alpha value is -3.29. The fourth-order valence-corrected chi connectivity index (χ4v) is 4.38. The zero-order chi connectivity index (χ0) is 20.7. The van der Waals surface area contributed by atoms with E-state index in [9.17, 15) is 14.0 Å². The van der Waals surface area contributed by atoms with Crippen LogP contribution in [0.15, 0.2) is 42.5 Å². The molecule has 2 fully saturated rings. The summed E-state index contributed by atoms with van der Waals surface area (Å²) in [6.07, 6.45) is 1.58. The van der Waals surface area contributed by atoms with Crippen LogP contribution < -0.4 is 20.1 Å². The molecule has 3 aliphatic rings. The van der Waals surface area contributed by atoms with Crippen LogP contribution in [0.4, 0.5) is 14.9 Å². The Morgan fingerprint density at radius 2 is 2.03 bits per heavy atom. The Kier molecular flexibility index (Phi) is 4.49. The van der Waals surface area contributed by atoms with Gasteiger partial charge in [-0.1, -0.05) is 12.1 Å². The summed E-state index contributed by atoms with van der Waals surface area (Å²) < 4.78 is 23.9. The van der Waals surface area contributed by atoms with E-state index in [2.05, 4.69) is 10.6 Å². The largest absolute Gasteiger partial charge is 0.454 e. The smallest absolute Gasteiger partial charge is 0.317 e. The molecule has 2 aliphatic heterocycles. The van der Waals surface area contributed by atoms with Crippen molar-refractivity contribution in [3.63, 3.8) is 0 Å². The van der Waals surface area contributed by atoms with E-state index in [-0.39, 0.29) is 42.4 Å². The maximum absolute atomic E-state index is 13.3. The number of fused-ring (bicyclic) bond motifs is 1. The average molecular weight is 411 g/mol. The van der Waals surface area contributed by atoms with Crippen molar-refractivity contribution >= 4 is 17.6 Å². The van der Waals surface area contributed by atoms with Gasteiger partial charge >= 0.3 is 6.03 Å². The fourth-order valence-electron chi connectivity index (χ4n) is 4.38. The van der Waals surface area contributed by atoms with Gasteiger partial charge in [0.2, 0.25) is 12.7 Å². The van der Waals surface area contributed by atoms with Gasteiger partial charge in [-0.3, -0.25) is 4.79 Å². The molecule has 2 atom stereocenters. The average Bonchev–Trinajstić information content (AvgIpc) is 3.04.